The van der Waals surface area contributed by atoms with Gasteiger partial charge in [0.1, 0.15) is 0 Å². The van der Waals surface area contributed by atoms with E-state index in [4.69, 9.17) is 0 Å². The number of nitrogens with zero attached hydrogens (tertiary/aromatic N) is 4. The average Bonchev–Trinajstić information content (AvgIpc) is 2.80. The van der Waals surface area contributed by atoms with Crippen molar-refractivity contribution < 1.29 is 18.5 Å². The Morgan fingerprint density at radius 3 is 2.53 bits per heavy atom. The van der Waals surface area contributed by atoms with Gasteiger partial charge in [-0.3, -0.25) is 24.8 Å². The van der Waals surface area contributed by atoms with Crippen LogP contribution in [0.15, 0.2) is 48.8 Å². The topological polar surface area (TPSA) is 91.6 Å². The summed E-state index contributed by atoms with van der Waals surface area (Å²) in [5.74, 6) is -2.30. The molecule has 0 spiro atoms. The van der Waals surface area contributed by atoms with Crippen molar-refractivity contribution in [2.45, 2.75) is 13.0 Å². The molecule has 0 unspecified atom stereocenters. The number of benzene rings is 2. The minimum absolute atomic E-state index is 0.0120. The Morgan fingerprint density at radius 1 is 1.09 bits per heavy atom. The number of nitro benzene ring substituents is 1. The molecular formula is C22H21F2N5O3. The first-order chi connectivity index (χ1) is 15.3. The molecule has 0 saturated carbocycles. The van der Waals surface area contributed by atoms with Crippen LogP contribution in [-0.2, 0) is 4.79 Å². The average molecular weight is 441 g/mol. The number of anilines is 2. The van der Waals surface area contributed by atoms with Gasteiger partial charge in [-0.2, -0.15) is 0 Å². The summed E-state index contributed by atoms with van der Waals surface area (Å²) < 4.78 is 26.5. The molecule has 1 fully saturated rings. The van der Waals surface area contributed by atoms with E-state index in [0.29, 0.717) is 31.6 Å². The summed E-state index contributed by atoms with van der Waals surface area (Å²) in [6, 6.07) is 7.77. The molecule has 1 aromatic heterocycles. The molecule has 8 nitrogen and oxygen atoms in total. The van der Waals surface area contributed by atoms with Crippen LogP contribution < -0.4 is 10.2 Å². The highest BCUT2D eigenvalue weighted by molar-refractivity contribution is 5.99. The Morgan fingerprint density at radius 2 is 1.84 bits per heavy atom. The third-order valence-corrected chi connectivity index (χ3v) is 5.74. The third-order valence-electron chi connectivity index (χ3n) is 5.74. The van der Waals surface area contributed by atoms with Gasteiger partial charge in [0.25, 0.3) is 5.69 Å². The van der Waals surface area contributed by atoms with Crippen LogP contribution in [0.25, 0.3) is 10.8 Å². The maximum Gasteiger partial charge on any atom is 0.278 e. The summed E-state index contributed by atoms with van der Waals surface area (Å²) in [6.07, 6.45) is 3.11. The highest BCUT2D eigenvalue weighted by Gasteiger charge is 2.27. The highest BCUT2D eigenvalue weighted by Crippen LogP contribution is 2.33. The van der Waals surface area contributed by atoms with Gasteiger partial charge in [0.2, 0.25) is 5.91 Å². The lowest BCUT2D eigenvalue weighted by atomic mass is 10.1. The molecule has 1 atom stereocenters. The summed E-state index contributed by atoms with van der Waals surface area (Å²) in [5, 5.41) is 15.2. The van der Waals surface area contributed by atoms with E-state index in [-0.39, 0.29) is 17.3 Å². The largest absolute Gasteiger partial charge is 0.368 e. The van der Waals surface area contributed by atoms with E-state index in [9.17, 15) is 23.7 Å². The second-order valence-corrected chi connectivity index (χ2v) is 7.60. The van der Waals surface area contributed by atoms with E-state index in [1.54, 1.807) is 25.3 Å². The highest BCUT2D eigenvalue weighted by atomic mass is 19.2. The zero-order chi connectivity index (χ0) is 22.8. The van der Waals surface area contributed by atoms with Crippen LogP contribution in [0.5, 0.6) is 0 Å². The van der Waals surface area contributed by atoms with E-state index < -0.39 is 22.6 Å². The van der Waals surface area contributed by atoms with Gasteiger partial charge in [-0.15, -0.1) is 0 Å². The van der Waals surface area contributed by atoms with Gasteiger partial charge in [-0.1, -0.05) is 0 Å². The zero-order valence-corrected chi connectivity index (χ0v) is 17.3. The van der Waals surface area contributed by atoms with Crippen molar-refractivity contribution in [3.05, 3.63) is 70.5 Å². The molecule has 1 aliphatic heterocycles. The minimum Gasteiger partial charge on any atom is -0.368 e. The van der Waals surface area contributed by atoms with Crippen molar-refractivity contribution in [2.75, 3.05) is 36.4 Å². The molecule has 1 aliphatic rings. The Bertz CT molecular complexity index is 1180. The number of nitro groups is 1. The van der Waals surface area contributed by atoms with Crippen LogP contribution in [0.1, 0.15) is 6.92 Å². The van der Waals surface area contributed by atoms with E-state index in [1.165, 1.54) is 18.3 Å². The molecule has 1 saturated heterocycles. The lowest BCUT2D eigenvalue weighted by Crippen LogP contribution is -2.52. The summed E-state index contributed by atoms with van der Waals surface area (Å²) >= 11 is 0. The quantitative estimate of drug-likeness (QED) is 0.481. The Kier molecular flexibility index (Phi) is 5.95. The van der Waals surface area contributed by atoms with Crippen molar-refractivity contribution in [2.24, 2.45) is 0 Å². The molecule has 1 amide bonds. The fourth-order valence-corrected chi connectivity index (χ4v) is 3.93. The van der Waals surface area contributed by atoms with Crippen molar-refractivity contribution in [3.63, 3.8) is 0 Å². The molecule has 166 valence electrons. The van der Waals surface area contributed by atoms with Crippen LogP contribution in [0.4, 0.5) is 25.8 Å². The number of rotatable bonds is 5. The number of piperazine rings is 1. The number of pyridine rings is 1. The number of amides is 1. The van der Waals surface area contributed by atoms with Gasteiger partial charge < -0.3 is 10.2 Å². The second-order valence-electron chi connectivity index (χ2n) is 7.60. The summed E-state index contributed by atoms with van der Waals surface area (Å²) in [7, 11) is 0. The monoisotopic (exact) mass is 441 g/mol. The van der Waals surface area contributed by atoms with E-state index >= 15 is 0 Å². The van der Waals surface area contributed by atoms with Gasteiger partial charge in [-0.25, -0.2) is 8.78 Å². The lowest BCUT2D eigenvalue weighted by molar-refractivity contribution is -0.383. The molecule has 32 heavy (non-hydrogen) atoms. The first-order valence-corrected chi connectivity index (χ1v) is 10.1. The Labute approximate surface area is 182 Å². The number of halogens is 2. The Balaban J connectivity index is 1.44. The molecular weight excluding hydrogens is 420 g/mol. The van der Waals surface area contributed by atoms with Crippen LogP contribution in [-0.4, -0.2) is 52.9 Å². The molecule has 2 heterocycles. The normalized spacial score (nSPS) is 15.5. The second kappa shape index (κ2) is 8.83. The number of aromatic nitrogens is 1. The predicted octanol–water partition coefficient (Wildman–Crippen LogP) is 3.57. The van der Waals surface area contributed by atoms with Gasteiger partial charge in [0, 0.05) is 67.5 Å². The maximum atomic E-state index is 13.4. The van der Waals surface area contributed by atoms with Crippen molar-refractivity contribution >= 4 is 33.7 Å². The predicted molar refractivity (Wildman–Crippen MR) is 117 cm³/mol. The minimum atomic E-state index is -1.02. The molecule has 4 rings (SSSR count). The third kappa shape index (κ3) is 4.22. The van der Waals surface area contributed by atoms with E-state index in [2.05, 4.69) is 15.2 Å². The van der Waals surface area contributed by atoms with Crippen molar-refractivity contribution in [3.8, 4) is 0 Å². The summed E-state index contributed by atoms with van der Waals surface area (Å²) in [4.78, 5) is 31.6. The van der Waals surface area contributed by atoms with E-state index in [1.807, 2.05) is 4.90 Å². The molecule has 3 aromatic rings. The Hall–Kier alpha value is -3.66. The summed E-state index contributed by atoms with van der Waals surface area (Å²) in [5.41, 5.74) is 1.09. The van der Waals surface area contributed by atoms with E-state index in [0.717, 1.165) is 23.2 Å². The van der Waals surface area contributed by atoms with Crippen molar-refractivity contribution in [1.29, 1.82) is 0 Å². The number of carbonyl (C=O) groups excluding carboxylic acids is 1. The fourth-order valence-electron chi connectivity index (χ4n) is 3.93. The smallest absolute Gasteiger partial charge is 0.278 e. The van der Waals surface area contributed by atoms with Gasteiger partial charge in [0.15, 0.2) is 11.6 Å². The first-order valence-electron chi connectivity index (χ1n) is 10.1. The number of hydrogen-bond acceptors (Lipinski definition) is 6. The number of carbonyl (C=O) groups is 1. The van der Waals surface area contributed by atoms with Crippen LogP contribution in [0, 0.1) is 21.7 Å². The number of nitrogens with one attached hydrogen (secondary N) is 1. The molecule has 10 heteroatoms. The molecule has 2 aromatic carbocycles. The standard InChI is InChI=1S/C22H21F2N5O3/c1-14(22(30)26-15-2-3-18(23)19(24)12-15)27-8-10-28(11-9-27)20-4-5-21(29(31)32)17-13-25-7-6-16(17)20/h2-7,12-14H,8-11H2,1H3,(H,26,30)/t14-/m1/s1. The number of non-ortho nitro benzene ring substituents is 1. The number of hydrogen-bond donors (Lipinski definition) is 1. The van der Waals surface area contributed by atoms with Crippen LogP contribution in [0.2, 0.25) is 0 Å². The zero-order valence-electron chi connectivity index (χ0n) is 17.3. The van der Waals surface area contributed by atoms with Gasteiger partial charge in [0.05, 0.1) is 16.4 Å². The van der Waals surface area contributed by atoms with Crippen molar-refractivity contribution in [1.82, 2.24) is 9.88 Å². The maximum absolute atomic E-state index is 13.4. The summed E-state index contributed by atoms with van der Waals surface area (Å²) in [6.45, 7) is 4.19. The van der Waals surface area contributed by atoms with Crippen LogP contribution in [0.3, 0.4) is 0 Å². The molecule has 0 radical (unpaired) electrons. The molecule has 0 aliphatic carbocycles. The van der Waals surface area contributed by atoms with Crippen LogP contribution >= 0.6 is 0 Å². The number of fused-ring (bicyclic) bond motifs is 1. The lowest BCUT2D eigenvalue weighted by Gasteiger charge is -2.38. The molecule has 0 bridgehead atoms. The first kappa shape index (κ1) is 21.6. The van der Waals surface area contributed by atoms with Gasteiger partial charge in [-0.05, 0) is 31.2 Å². The SMILES string of the molecule is C[C@H](C(=O)Nc1ccc(F)c(F)c1)N1CCN(c2ccc([N+](=O)[O-])c3cnccc23)CC1. The molecule has 1 N–H and O–H groups in total. The fraction of sp³-hybridized carbons (Fsp3) is 0.273. The van der Waals surface area contributed by atoms with Gasteiger partial charge >= 0.3 is 0 Å².